The van der Waals surface area contributed by atoms with Crippen LogP contribution in [0.4, 0.5) is 0 Å². The maximum Gasteiger partial charge on any atom is -0.0141 e. The van der Waals surface area contributed by atoms with Gasteiger partial charge in [0.1, 0.15) is 0 Å². The first-order chi connectivity index (χ1) is 11.3. The smallest absolute Gasteiger partial charge is 0.0141 e. The van der Waals surface area contributed by atoms with E-state index < -0.39 is 0 Å². The van der Waals surface area contributed by atoms with E-state index in [1.54, 1.807) is 5.30 Å². The van der Waals surface area contributed by atoms with Crippen LogP contribution in [-0.4, -0.2) is 11.3 Å². The Morgan fingerprint density at radius 2 is 1.22 bits per heavy atom. The summed E-state index contributed by atoms with van der Waals surface area (Å²) in [6.45, 7) is 4.95. The molecule has 128 valence electrons. The molecule has 2 atom stereocenters. The van der Waals surface area contributed by atoms with Crippen LogP contribution in [0.3, 0.4) is 0 Å². The number of benzene rings is 1. The minimum absolute atomic E-state index is 0.00488. The molecule has 2 saturated carbocycles. The molecule has 0 saturated heterocycles. The van der Waals surface area contributed by atoms with E-state index in [9.17, 15) is 0 Å². The molecule has 0 bridgehead atoms. The van der Waals surface area contributed by atoms with E-state index in [1.165, 1.54) is 64.2 Å². The molecule has 0 heterocycles. The lowest BCUT2D eigenvalue weighted by atomic mass is 10.0. The van der Waals surface area contributed by atoms with E-state index >= 15 is 0 Å². The van der Waals surface area contributed by atoms with Crippen molar-refractivity contribution in [2.24, 2.45) is 11.8 Å². The van der Waals surface area contributed by atoms with Crippen LogP contribution in [0.15, 0.2) is 30.3 Å². The van der Waals surface area contributed by atoms with Crippen LogP contribution in [0.5, 0.6) is 0 Å². The van der Waals surface area contributed by atoms with Crippen molar-refractivity contribution < 1.29 is 0 Å². The predicted molar refractivity (Wildman–Crippen MR) is 105 cm³/mol. The van der Waals surface area contributed by atoms with E-state index in [0.717, 1.165) is 23.2 Å². The summed E-state index contributed by atoms with van der Waals surface area (Å²) < 4.78 is 0. The highest BCUT2D eigenvalue weighted by Crippen LogP contribution is 2.57. The number of hydrogen-bond acceptors (Lipinski definition) is 0. The van der Waals surface area contributed by atoms with Gasteiger partial charge in [-0.2, -0.15) is 0 Å². The van der Waals surface area contributed by atoms with Gasteiger partial charge in [-0.15, -0.1) is 0 Å². The third-order valence-corrected chi connectivity index (χ3v) is 10.4. The molecule has 23 heavy (non-hydrogen) atoms. The normalized spacial score (nSPS) is 22.7. The van der Waals surface area contributed by atoms with Crippen molar-refractivity contribution >= 4 is 13.2 Å². The van der Waals surface area contributed by atoms with Crippen molar-refractivity contribution in [1.82, 2.24) is 0 Å². The molecule has 0 nitrogen and oxygen atoms in total. The van der Waals surface area contributed by atoms with Gasteiger partial charge in [-0.25, -0.2) is 0 Å². The first-order valence-electron chi connectivity index (χ1n) is 10.2. The summed E-state index contributed by atoms with van der Waals surface area (Å²) in [4.78, 5) is 0. The summed E-state index contributed by atoms with van der Waals surface area (Å²) in [5.74, 6) is 2.03. The van der Waals surface area contributed by atoms with Gasteiger partial charge < -0.3 is 0 Å². The third kappa shape index (κ3) is 4.01. The van der Waals surface area contributed by atoms with E-state index in [4.69, 9.17) is 0 Å². The standard InChI is InChI=1S/C22H35P/c1-3-21(18-12-8-9-13-18)23(20-16-6-5-7-17-20)22(4-2)19-14-10-11-15-19/h5-7,16-19,21-22H,3-4,8-15H2,1-2H3/t21-,22-/m0/s1. The molecule has 1 aromatic rings. The Morgan fingerprint density at radius 1 is 0.783 bits per heavy atom. The lowest BCUT2D eigenvalue weighted by Crippen LogP contribution is -2.30. The van der Waals surface area contributed by atoms with Gasteiger partial charge in [0.25, 0.3) is 0 Å². The predicted octanol–water partition coefficient (Wildman–Crippen LogP) is 6.73. The molecule has 0 amide bonds. The summed E-state index contributed by atoms with van der Waals surface area (Å²) >= 11 is 0. The Hall–Kier alpha value is -0.350. The monoisotopic (exact) mass is 330 g/mol. The number of rotatable bonds is 7. The Bertz CT molecular complexity index is 418. The maximum atomic E-state index is 2.47. The van der Waals surface area contributed by atoms with Crippen LogP contribution in [-0.2, 0) is 0 Å². The average Bonchev–Trinajstić information content (AvgIpc) is 3.30. The molecule has 2 fully saturated rings. The van der Waals surface area contributed by atoms with Crippen LogP contribution in [0.25, 0.3) is 0 Å². The highest BCUT2D eigenvalue weighted by molar-refractivity contribution is 7.67. The first-order valence-corrected chi connectivity index (χ1v) is 11.7. The fourth-order valence-corrected chi connectivity index (χ4v) is 9.49. The van der Waals surface area contributed by atoms with Gasteiger partial charge >= 0.3 is 0 Å². The van der Waals surface area contributed by atoms with E-state index in [2.05, 4.69) is 44.2 Å². The molecular weight excluding hydrogens is 295 g/mol. The Kier molecular flexibility index (Phi) is 6.58. The summed E-state index contributed by atoms with van der Waals surface area (Å²) in [7, 11) is -0.00488. The Morgan fingerprint density at radius 3 is 1.61 bits per heavy atom. The molecule has 1 heteroatoms. The second kappa shape index (κ2) is 8.66. The van der Waals surface area contributed by atoms with Crippen molar-refractivity contribution in [2.75, 3.05) is 0 Å². The molecular formula is C22H35P. The van der Waals surface area contributed by atoms with Gasteiger partial charge in [0.2, 0.25) is 0 Å². The van der Waals surface area contributed by atoms with Crippen LogP contribution >= 0.6 is 7.92 Å². The van der Waals surface area contributed by atoms with Crippen molar-refractivity contribution in [1.29, 1.82) is 0 Å². The van der Waals surface area contributed by atoms with Gasteiger partial charge in [0.15, 0.2) is 0 Å². The third-order valence-electron chi connectivity index (χ3n) is 6.49. The zero-order valence-electron chi connectivity index (χ0n) is 15.2. The molecule has 0 N–H and O–H groups in total. The van der Waals surface area contributed by atoms with Crippen LogP contribution < -0.4 is 5.30 Å². The minimum atomic E-state index is -0.00488. The fourth-order valence-electron chi connectivity index (χ4n) is 5.43. The highest BCUT2D eigenvalue weighted by atomic mass is 31.1. The summed E-state index contributed by atoms with van der Waals surface area (Å²) in [5.41, 5.74) is 1.95. The van der Waals surface area contributed by atoms with Gasteiger partial charge in [-0.05, 0) is 67.0 Å². The summed E-state index contributed by atoms with van der Waals surface area (Å²) in [6.07, 6.45) is 14.8. The van der Waals surface area contributed by atoms with Crippen LogP contribution in [0.2, 0.25) is 0 Å². The van der Waals surface area contributed by atoms with E-state index in [1.807, 2.05) is 0 Å². The minimum Gasteiger partial charge on any atom is -0.0684 e. The summed E-state index contributed by atoms with van der Waals surface area (Å²) in [6, 6.07) is 11.7. The lowest BCUT2D eigenvalue weighted by Gasteiger charge is -2.40. The first kappa shape index (κ1) is 17.5. The molecule has 0 spiro atoms. The fraction of sp³-hybridized carbons (Fsp3) is 0.727. The average molecular weight is 330 g/mol. The van der Waals surface area contributed by atoms with Gasteiger partial charge in [-0.1, -0.05) is 77.8 Å². The molecule has 0 aromatic heterocycles. The van der Waals surface area contributed by atoms with Crippen molar-refractivity contribution in [3.8, 4) is 0 Å². The number of hydrogen-bond donors (Lipinski definition) is 0. The highest BCUT2D eigenvalue weighted by Gasteiger charge is 2.38. The molecule has 0 aliphatic heterocycles. The van der Waals surface area contributed by atoms with Crippen LogP contribution in [0, 0.1) is 11.8 Å². The van der Waals surface area contributed by atoms with E-state index in [-0.39, 0.29) is 7.92 Å². The van der Waals surface area contributed by atoms with Gasteiger partial charge in [-0.3, -0.25) is 0 Å². The quantitative estimate of drug-likeness (QED) is 0.486. The lowest BCUT2D eigenvalue weighted by molar-refractivity contribution is 0.475. The Balaban J connectivity index is 1.91. The van der Waals surface area contributed by atoms with Gasteiger partial charge in [0, 0.05) is 0 Å². The largest absolute Gasteiger partial charge is 0.0684 e. The summed E-state index contributed by atoms with van der Waals surface area (Å²) in [5, 5.41) is 1.71. The van der Waals surface area contributed by atoms with Crippen molar-refractivity contribution in [2.45, 2.75) is 89.4 Å². The molecule has 0 unspecified atom stereocenters. The topological polar surface area (TPSA) is 0 Å². The Labute approximate surface area is 145 Å². The van der Waals surface area contributed by atoms with Gasteiger partial charge in [0.05, 0.1) is 0 Å². The van der Waals surface area contributed by atoms with Crippen molar-refractivity contribution in [3.05, 3.63) is 30.3 Å². The molecule has 2 aliphatic carbocycles. The maximum absolute atomic E-state index is 2.47. The van der Waals surface area contributed by atoms with Crippen molar-refractivity contribution in [3.63, 3.8) is 0 Å². The second-order valence-corrected chi connectivity index (χ2v) is 10.4. The van der Waals surface area contributed by atoms with E-state index in [0.29, 0.717) is 0 Å². The zero-order valence-corrected chi connectivity index (χ0v) is 16.1. The molecule has 1 aromatic carbocycles. The molecule has 3 rings (SSSR count). The SMILES string of the molecule is CC[C@@H](C1CCCC1)P(c1ccccc1)[C@@H](CC)C1CCCC1. The van der Waals surface area contributed by atoms with Crippen LogP contribution in [0.1, 0.15) is 78.1 Å². The zero-order chi connectivity index (χ0) is 16.1. The molecule has 0 radical (unpaired) electrons. The second-order valence-electron chi connectivity index (χ2n) is 7.78. The molecule has 2 aliphatic rings.